The number of nitrogens with zero attached hydrogens (tertiary/aromatic N) is 1. The molecule has 3 heterocycles. The lowest BCUT2D eigenvalue weighted by Crippen LogP contribution is -2.43. The summed E-state index contributed by atoms with van der Waals surface area (Å²) in [5.74, 6) is 0.0605. The maximum absolute atomic E-state index is 14.3. The number of aromatic amines is 2. The van der Waals surface area contributed by atoms with Gasteiger partial charge in [0.15, 0.2) is 0 Å². The minimum Gasteiger partial charge on any atom is -0.381 e. The van der Waals surface area contributed by atoms with Gasteiger partial charge in [0, 0.05) is 19.3 Å². The van der Waals surface area contributed by atoms with Crippen LogP contribution >= 0.6 is 0 Å². The van der Waals surface area contributed by atoms with Crippen molar-refractivity contribution in [1.29, 1.82) is 0 Å². The van der Waals surface area contributed by atoms with Crippen molar-refractivity contribution in [2.75, 3.05) is 26.3 Å². The molecule has 2 aliphatic heterocycles. The SMILES string of the molecule is Cc1c(F)cc2[nH]c(=O)[nH]c2c1C1CCN(C2CCOCC2)CC1. The predicted octanol–water partition coefficient (Wildman–Crippen LogP) is 2.66. The maximum atomic E-state index is 14.3. The van der Waals surface area contributed by atoms with Crippen molar-refractivity contribution >= 4 is 11.0 Å². The number of halogens is 1. The smallest absolute Gasteiger partial charge is 0.323 e. The third-order valence-electron chi connectivity index (χ3n) is 5.70. The Morgan fingerprint density at radius 1 is 1.17 bits per heavy atom. The topological polar surface area (TPSA) is 61.1 Å². The summed E-state index contributed by atoms with van der Waals surface area (Å²) >= 11 is 0. The number of hydrogen-bond acceptors (Lipinski definition) is 3. The minimum atomic E-state index is -0.268. The normalized spacial score (nSPS) is 21.6. The summed E-state index contributed by atoms with van der Waals surface area (Å²) in [5, 5.41) is 0. The molecule has 2 aromatic rings. The Hall–Kier alpha value is -1.66. The summed E-state index contributed by atoms with van der Waals surface area (Å²) in [6.07, 6.45) is 4.23. The molecule has 0 unspecified atom stereocenters. The first-order valence-electron chi connectivity index (χ1n) is 8.86. The lowest BCUT2D eigenvalue weighted by atomic mass is 9.85. The molecule has 4 rings (SSSR count). The van der Waals surface area contributed by atoms with Gasteiger partial charge in [-0.15, -0.1) is 0 Å². The summed E-state index contributed by atoms with van der Waals surface area (Å²) < 4.78 is 19.7. The van der Waals surface area contributed by atoms with Gasteiger partial charge in [0.05, 0.1) is 11.0 Å². The number of aromatic nitrogens is 2. The summed E-state index contributed by atoms with van der Waals surface area (Å²) in [4.78, 5) is 19.8. The van der Waals surface area contributed by atoms with Crippen LogP contribution in [0.4, 0.5) is 4.39 Å². The number of benzene rings is 1. The van der Waals surface area contributed by atoms with Crippen LogP contribution in [0.1, 0.15) is 42.7 Å². The molecule has 2 saturated heterocycles. The largest absolute Gasteiger partial charge is 0.381 e. The van der Waals surface area contributed by atoms with Crippen molar-refractivity contribution in [2.24, 2.45) is 0 Å². The number of H-pyrrole nitrogens is 2. The van der Waals surface area contributed by atoms with Crippen LogP contribution in [0.15, 0.2) is 10.9 Å². The van der Waals surface area contributed by atoms with E-state index in [-0.39, 0.29) is 11.5 Å². The van der Waals surface area contributed by atoms with Crippen LogP contribution in [0, 0.1) is 12.7 Å². The minimum absolute atomic E-state index is 0.236. The zero-order valence-electron chi connectivity index (χ0n) is 14.0. The van der Waals surface area contributed by atoms with Crippen LogP contribution in [0.3, 0.4) is 0 Å². The van der Waals surface area contributed by atoms with Crippen molar-refractivity contribution in [3.63, 3.8) is 0 Å². The van der Waals surface area contributed by atoms with E-state index >= 15 is 0 Å². The van der Waals surface area contributed by atoms with Crippen LogP contribution in [-0.4, -0.2) is 47.2 Å². The highest BCUT2D eigenvalue weighted by molar-refractivity contribution is 5.80. The van der Waals surface area contributed by atoms with Crippen LogP contribution in [-0.2, 0) is 4.74 Å². The standard InChI is InChI=1S/C18H24FN3O2/c1-11-14(19)10-15-17(21-18(23)20-15)16(11)12-2-6-22(7-3-12)13-4-8-24-9-5-13/h10,12-13H,2-9H2,1H3,(H2,20,21,23). The van der Waals surface area contributed by atoms with Crippen LogP contribution in [0.5, 0.6) is 0 Å². The predicted molar refractivity (Wildman–Crippen MR) is 91.0 cm³/mol. The molecule has 0 bridgehead atoms. The molecule has 1 aromatic heterocycles. The lowest BCUT2D eigenvalue weighted by molar-refractivity contribution is 0.0252. The van der Waals surface area contributed by atoms with Gasteiger partial charge in [0.1, 0.15) is 5.82 Å². The maximum Gasteiger partial charge on any atom is 0.323 e. The lowest BCUT2D eigenvalue weighted by Gasteiger charge is -2.39. The molecule has 130 valence electrons. The molecular formula is C18H24FN3O2. The van der Waals surface area contributed by atoms with Gasteiger partial charge in [-0.25, -0.2) is 9.18 Å². The highest BCUT2D eigenvalue weighted by atomic mass is 19.1. The van der Waals surface area contributed by atoms with E-state index in [1.54, 1.807) is 0 Å². The Labute approximate surface area is 140 Å². The van der Waals surface area contributed by atoms with Gasteiger partial charge < -0.3 is 19.6 Å². The van der Waals surface area contributed by atoms with E-state index in [2.05, 4.69) is 14.9 Å². The number of fused-ring (bicyclic) bond motifs is 1. The van der Waals surface area contributed by atoms with E-state index in [1.165, 1.54) is 6.07 Å². The number of hydrogen-bond donors (Lipinski definition) is 2. The summed E-state index contributed by atoms with van der Waals surface area (Å²) in [6, 6.07) is 2.05. The summed E-state index contributed by atoms with van der Waals surface area (Å²) in [7, 11) is 0. The van der Waals surface area contributed by atoms with Crippen LogP contribution in [0.25, 0.3) is 11.0 Å². The van der Waals surface area contributed by atoms with Gasteiger partial charge in [-0.2, -0.15) is 0 Å². The zero-order valence-corrected chi connectivity index (χ0v) is 14.0. The van der Waals surface area contributed by atoms with Crippen molar-refractivity contribution in [1.82, 2.24) is 14.9 Å². The Morgan fingerprint density at radius 2 is 1.88 bits per heavy atom. The average molecular weight is 333 g/mol. The molecule has 0 saturated carbocycles. The van der Waals surface area contributed by atoms with Gasteiger partial charge in [-0.05, 0) is 68.8 Å². The molecular weight excluding hydrogens is 309 g/mol. The molecule has 0 aliphatic carbocycles. The number of rotatable bonds is 2. The van der Waals surface area contributed by atoms with E-state index < -0.39 is 0 Å². The average Bonchev–Trinajstić information content (AvgIpc) is 2.96. The summed E-state index contributed by atoms with van der Waals surface area (Å²) in [6.45, 7) is 5.60. The molecule has 0 spiro atoms. The van der Waals surface area contributed by atoms with E-state index in [0.29, 0.717) is 23.0 Å². The first-order chi connectivity index (χ1) is 11.6. The first kappa shape index (κ1) is 15.8. The monoisotopic (exact) mass is 333 g/mol. The van der Waals surface area contributed by atoms with Crippen LogP contribution in [0.2, 0.25) is 0 Å². The van der Waals surface area contributed by atoms with Gasteiger partial charge in [-0.3, -0.25) is 0 Å². The second-order valence-electron chi connectivity index (χ2n) is 7.05. The molecule has 0 radical (unpaired) electrons. The van der Waals surface area contributed by atoms with Crippen molar-refractivity contribution in [3.8, 4) is 0 Å². The Balaban J connectivity index is 1.58. The van der Waals surface area contributed by atoms with Crippen LogP contribution < -0.4 is 5.69 Å². The van der Waals surface area contributed by atoms with Gasteiger partial charge in [0.2, 0.25) is 0 Å². The Morgan fingerprint density at radius 3 is 2.58 bits per heavy atom. The third-order valence-corrected chi connectivity index (χ3v) is 5.70. The quantitative estimate of drug-likeness (QED) is 0.888. The van der Waals surface area contributed by atoms with Crippen molar-refractivity contribution in [2.45, 2.75) is 44.6 Å². The fourth-order valence-corrected chi connectivity index (χ4v) is 4.38. The zero-order chi connectivity index (χ0) is 16.7. The highest BCUT2D eigenvalue weighted by Gasteiger charge is 2.29. The second kappa shape index (κ2) is 6.33. The molecule has 24 heavy (non-hydrogen) atoms. The molecule has 0 atom stereocenters. The molecule has 5 nitrogen and oxygen atoms in total. The molecule has 2 fully saturated rings. The number of nitrogens with one attached hydrogen (secondary N) is 2. The number of imidazole rings is 1. The Bertz CT molecular complexity index is 783. The first-order valence-corrected chi connectivity index (χ1v) is 8.86. The number of ether oxygens (including phenoxy) is 1. The summed E-state index contributed by atoms with van der Waals surface area (Å²) in [5.41, 5.74) is 2.74. The molecule has 1 aromatic carbocycles. The van der Waals surface area contributed by atoms with E-state index in [0.717, 1.165) is 63.1 Å². The van der Waals surface area contributed by atoms with E-state index in [9.17, 15) is 9.18 Å². The highest BCUT2D eigenvalue weighted by Crippen LogP contribution is 2.36. The van der Waals surface area contributed by atoms with Crippen molar-refractivity contribution in [3.05, 3.63) is 33.5 Å². The van der Waals surface area contributed by atoms with E-state index in [4.69, 9.17) is 4.74 Å². The fourth-order valence-electron chi connectivity index (χ4n) is 4.38. The third kappa shape index (κ3) is 2.78. The number of piperidine rings is 1. The molecule has 2 aliphatic rings. The van der Waals surface area contributed by atoms with Crippen molar-refractivity contribution < 1.29 is 9.13 Å². The molecule has 6 heteroatoms. The van der Waals surface area contributed by atoms with Gasteiger partial charge in [-0.1, -0.05) is 0 Å². The molecule has 0 amide bonds. The second-order valence-corrected chi connectivity index (χ2v) is 7.05. The van der Waals surface area contributed by atoms with Gasteiger partial charge >= 0.3 is 5.69 Å². The Kier molecular flexibility index (Phi) is 4.18. The van der Waals surface area contributed by atoms with E-state index in [1.807, 2.05) is 6.92 Å². The fraction of sp³-hybridized carbons (Fsp3) is 0.611. The van der Waals surface area contributed by atoms with Gasteiger partial charge in [0.25, 0.3) is 0 Å². The number of likely N-dealkylation sites (tertiary alicyclic amines) is 1. The molecule has 2 N–H and O–H groups in total.